The molecular weight excluding hydrogens is 414 g/mol. The first-order chi connectivity index (χ1) is 13.1. The molecule has 0 bridgehead atoms. The first kappa shape index (κ1) is 18.7. The van der Waals surface area contributed by atoms with Crippen LogP contribution in [0.4, 0.5) is 5.69 Å². The summed E-state index contributed by atoms with van der Waals surface area (Å²) in [4.78, 5) is 10.4. The van der Waals surface area contributed by atoms with Gasteiger partial charge in [0, 0.05) is 27.7 Å². The van der Waals surface area contributed by atoms with Crippen LogP contribution in [0.15, 0.2) is 68.6 Å². The number of hydrazone groups is 1. The second-order valence-electron chi connectivity index (χ2n) is 5.53. The Morgan fingerprint density at radius 2 is 2.07 bits per heavy atom. The lowest BCUT2D eigenvalue weighted by Gasteiger charge is -2.06. The Balaban J connectivity index is 1.66. The van der Waals surface area contributed by atoms with E-state index in [1.165, 1.54) is 12.1 Å². The Hall–Kier alpha value is -3.13. The molecule has 0 unspecified atom stereocenters. The summed E-state index contributed by atoms with van der Waals surface area (Å²) in [6, 6.07) is 15.8. The van der Waals surface area contributed by atoms with Crippen molar-refractivity contribution in [2.75, 3.05) is 7.11 Å². The third kappa shape index (κ3) is 4.53. The van der Waals surface area contributed by atoms with E-state index < -0.39 is 4.92 Å². The number of methoxy groups -OCH3 is 1. The van der Waals surface area contributed by atoms with Crippen molar-refractivity contribution in [3.05, 3.63) is 80.5 Å². The highest BCUT2D eigenvalue weighted by Crippen LogP contribution is 2.32. The van der Waals surface area contributed by atoms with Crippen LogP contribution in [0, 0.1) is 10.1 Å². The van der Waals surface area contributed by atoms with Crippen LogP contribution in [0.3, 0.4) is 0 Å². The van der Waals surface area contributed by atoms with Crippen molar-refractivity contribution in [3.63, 3.8) is 0 Å². The molecule has 1 heterocycles. The molecular formula is C19H16BrN3O4. The van der Waals surface area contributed by atoms with Crippen LogP contribution < -0.4 is 10.2 Å². The minimum atomic E-state index is -0.442. The topological polar surface area (TPSA) is 89.9 Å². The summed E-state index contributed by atoms with van der Waals surface area (Å²) in [6.45, 7) is 0.516. The van der Waals surface area contributed by atoms with Crippen molar-refractivity contribution < 1.29 is 14.1 Å². The van der Waals surface area contributed by atoms with Gasteiger partial charge in [-0.15, -0.1) is 0 Å². The molecule has 3 rings (SSSR count). The van der Waals surface area contributed by atoms with E-state index in [9.17, 15) is 10.1 Å². The number of para-hydroxylation sites is 1. The second-order valence-corrected chi connectivity index (χ2v) is 6.38. The summed E-state index contributed by atoms with van der Waals surface area (Å²) in [5.41, 5.74) is 4.68. The molecule has 3 aromatic rings. The van der Waals surface area contributed by atoms with Crippen molar-refractivity contribution in [2.45, 2.75) is 6.54 Å². The highest BCUT2D eigenvalue weighted by molar-refractivity contribution is 9.10. The normalized spacial score (nSPS) is 10.9. The number of rotatable bonds is 7. The van der Waals surface area contributed by atoms with Crippen LogP contribution in [0.2, 0.25) is 0 Å². The Kier molecular flexibility index (Phi) is 5.87. The van der Waals surface area contributed by atoms with Crippen molar-refractivity contribution >= 4 is 27.8 Å². The predicted molar refractivity (Wildman–Crippen MR) is 106 cm³/mol. The van der Waals surface area contributed by atoms with Gasteiger partial charge in [-0.3, -0.25) is 10.1 Å². The molecule has 1 aromatic heterocycles. The van der Waals surface area contributed by atoms with Gasteiger partial charge in [-0.05, 0) is 40.2 Å². The number of benzene rings is 2. The quantitative estimate of drug-likeness (QED) is 0.332. The van der Waals surface area contributed by atoms with E-state index in [2.05, 4.69) is 26.5 Å². The number of hydrogen-bond donors (Lipinski definition) is 1. The van der Waals surface area contributed by atoms with E-state index in [-0.39, 0.29) is 5.69 Å². The zero-order valence-electron chi connectivity index (χ0n) is 14.4. The number of ether oxygens (including phenoxy) is 1. The van der Waals surface area contributed by atoms with Gasteiger partial charge in [0.05, 0.1) is 24.8 Å². The molecule has 0 radical (unpaired) electrons. The van der Waals surface area contributed by atoms with Crippen LogP contribution in [0.25, 0.3) is 11.3 Å². The van der Waals surface area contributed by atoms with Gasteiger partial charge < -0.3 is 14.6 Å². The average molecular weight is 430 g/mol. The number of non-ortho nitro benzene ring substituents is 1. The summed E-state index contributed by atoms with van der Waals surface area (Å²) in [5, 5.41) is 15.0. The fourth-order valence-electron chi connectivity index (χ4n) is 2.47. The lowest BCUT2D eigenvalue weighted by molar-refractivity contribution is -0.384. The molecule has 0 aliphatic heterocycles. The molecule has 0 aliphatic carbocycles. The molecule has 0 aliphatic rings. The molecule has 0 fully saturated rings. The van der Waals surface area contributed by atoms with Crippen LogP contribution in [-0.2, 0) is 6.54 Å². The Morgan fingerprint density at radius 1 is 1.26 bits per heavy atom. The molecule has 2 aromatic carbocycles. The Morgan fingerprint density at radius 3 is 2.81 bits per heavy atom. The Bertz CT molecular complexity index is 985. The third-order valence-electron chi connectivity index (χ3n) is 3.80. The van der Waals surface area contributed by atoms with Crippen molar-refractivity contribution in [2.24, 2.45) is 5.10 Å². The maximum absolute atomic E-state index is 10.8. The zero-order chi connectivity index (χ0) is 19.2. The molecule has 138 valence electrons. The first-order valence-corrected chi connectivity index (χ1v) is 8.80. The molecule has 0 amide bonds. The largest absolute Gasteiger partial charge is 0.496 e. The number of nitrogens with one attached hydrogen (secondary N) is 1. The number of nitro benzene ring substituents is 1. The van der Waals surface area contributed by atoms with Gasteiger partial charge >= 0.3 is 0 Å². The number of halogens is 1. The summed E-state index contributed by atoms with van der Waals surface area (Å²) in [5.74, 6) is 1.94. The standard InChI is InChI=1S/C19H16BrN3O4/c1-26-18-5-3-2-4-13(18)11-21-22-12-15-7-9-19(27-15)16-8-6-14(23(24)25)10-17(16)20/h2-10,12,21H,11H2,1H3/b22-12-. The molecule has 0 atom stereocenters. The van der Waals surface area contributed by atoms with Crippen molar-refractivity contribution in [3.8, 4) is 17.1 Å². The summed E-state index contributed by atoms with van der Waals surface area (Å²) < 4.78 is 11.6. The van der Waals surface area contributed by atoms with E-state index in [4.69, 9.17) is 9.15 Å². The minimum absolute atomic E-state index is 0.0134. The number of nitro groups is 1. The van der Waals surface area contributed by atoms with E-state index in [0.29, 0.717) is 22.5 Å². The van der Waals surface area contributed by atoms with Crippen LogP contribution >= 0.6 is 15.9 Å². The average Bonchev–Trinajstić information content (AvgIpc) is 3.14. The van der Waals surface area contributed by atoms with Crippen molar-refractivity contribution in [1.82, 2.24) is 5.43 Å². The molecule has 1 N–H and O–H groups in total. The van der Waals surface area contributed by atoms with Crippen LogP contribution in [0.1, 0.15) is 11.3 Å². The van der Waals surface area contributed by atoms with Crippen LogP contribution in [0.5, 0.6) is 5.75 Å². The smallest absolute Gasteiger partial charge is 0.270 e. The van der Waals surface area contributed by atoms with Gasteiger partial charge in [0.15, 0.2) is 0 Å². The maximum Gasteiger partial charge on any atom is 0.270 e. The summed E-state index contributed by atoms with van der Waals surface area (Å²) in [6.07, 6.45) is 1.57. The van der Waals surface area contributed by atoms with Gasteiger partial charge in [0.25, 0.3) is 5.69 Å². The third-order valence-corrected chi connectivity index (χ3v) is 4.46. The molecule has 0 saturated carbocycles. The number of nitrogens with zero attached hydrogens (tertiary/aromatic N) is 2. The zero-order valence-corrected chi connectivity index (χ0v) is 16.0. The number of furan rings is 1. The monoisotopic (exact) mass is 429 g/mol. The molecule has 27 heavy (non-hydrogen) atoms. The van der Waals surface area contributed by atoms with Gasteiger partial charge in [-0.25, -0.2) is 0 Å². The highest BCUT2D eigenvalue weighted by atomic mass is 79.9. The van der Waals surface area contributed by atoms with Gasteiger partial charge in [0.2, 0.25) is 0 Å². The van der Waals surface area contributed by atoms with Gasteiger partial charge in [-0.1, -0.05) is 18.2 Å². The van der Waals surface area contributed by atoms with E-state index in [0.717, 1.165) is 16.9 Å². The molecule has 0 saturated heterocycles. The predicted octanol–water partition coefficient (Wildman–Crippen LogP) is 4.75. The van der Waals surface area contributed by atoms with Gasteiger partial charge in [0.1, 0.15) is 17.3 Å². The summed E-state index contributed by atoms with van der Waals surface area (Å²) in [7, 11) is 1.63. The van der Waals surface area contributed by atoms with E-state index >= 15 is 0 Å². The van der Waals surface area contributed by atoms with E-state index in [1.807, 2.05) is 24.3 Å². The summed E-state index contributed by atoms with van der Waals surface area (Å²) >= 11 is 3.34. The SMILES string of the molecule is COc1ccccc1CN/N=C\c1ccc(-c2ccc([N+](=O)[O-])cc2Br)o1. The molecule has 7 nitrogen and oxygen atoms in total. The maximum atomic E-state index is 10.8. The van der Waals surface area contributed by atoms with Crippen molar-refractivity contribution in [1.29, 1.82) is 0 Å². The lowest BCUT2D eigenvalue weighted by atomic mass is 10.1. The van der Waals surface area contributed by atoms with Crippen LogP contribution in [-0.4, -0.2) is 18.2 Å². The molecule has 0 spiro atoms. The molecule has 8 heteroatoms. The lowest BCUT2D eigenvalue weighted by Crippen LogP contribution is -2.06. The second kappa shape index (κ2) is 8.50. The minimum Gasteiger partial charge on any atom is -0.496 e. The highest BCUT2D eigenvalue weighted by Gasteiger charge is 2.12. The fourth-order valence-corrected chi connectivity index (χ4v) is 3.04. The van der Waals surface area contributed by atoms with E-state index in [1.54, 1.807) is 31.5 Å². The first-order valence-electron chi connectivity index (χ1n) is 8.00. The Labute approximate surface area is 163 Å². The fraction of sp³-hybridized carbons (Fsp3) is 0.105. The van der Waals surface area contributed by atoms with Gasteiger partial charge in [-0.2, -0.15) is 5.10 Å². The number of hydrogen-bond acceptors (Lipinski definition) is 6.